The highest BCUT2D eigenvalue weighted by atomic mass is 35.5. The number of alkyl halides is 1. The third-order valence-corrected chi connectivity index (χ3v) is 18.4. The molecule has 0 aliphatic carbocycles. The minimum absolute atomic E-state index is 0.0486. The first kappa shape index (κ1) is 62.8. The van der Waals surface area contributed by atoms with Gasteiger partial charge in [0.15, 0.2) is 5.78 Å². The van der Waals surface area contributed by atoms with Crippen molar-refractivity contribution in [3.63, 3.8) is 0 Å². The van der Waals surface area contributed by atoms with Crippen LogP contribution in [-0.4, -0.2) is 114 Å². The van der Waals surface area contributed by atoms with E-state index in [9.17, 15) is 32.8 Å². The average molecular weight is 1160 g/mol. The maximum atomic E-state index is 14.1. The highest BCUT2D eigenvalue weighted by Gasteiger charge is 2.45. The number of benzene rings is 4. The molecule has 2 aromatic heterocycles. The summed E-state index contributed by atoms with van der Waals surface area (Å²) in [7, 11) is -2.23. The summed E-state index contributed by atoms with van der Waals surface area (Å²) in [4.78, 5) is 73.7. The third-order valence-electron chi connectivity index (χ3n) is 14.1. The summed E-state index contributed by atoms with van der Waals surface area (Å²) in [5.41, 5.74) is 3.04. The topological polar surface area (TPSA) is 194 Å². The summed E-state index contributed by atoms with van der Waals surface area (Å²) in [6.07, 6.45) is 4.80. The zero-order valence-electron chi connectivity index (χ0n) is 48.3. The van der Waals surface area contributed by atoms with Gasteiger partial charge in [0, 0.05) is 71.9 Å². The first-order valence-electron chi connectivity index (χ1n) is 26.9. The van der Waals surface area contributed by atoms with Crippen molar-refractivity contribution in [1.82, 2.24) is 30.4 Å². The number of carbonyl (C=O) groups excluding carboxylic acids is 5. The maximum Gasteiger partial charge on any atom is 0.411 e. The van der Waals surface area contributed by atoms with Crippen molar-refractivity contribution >= 4 is 71.9 Å². The van der Waals surface area contributed by atoms with Gasteiger partial charge < -0.3 is 44.0 Å². The Kier molecular flexibility index (Phi) is 20.9. The standard InChI is InChI=1S/C33H44FN3O5Si.C27H30FN3O5.CH3Cl/c1-32(2,3)41-31(39)37-20-24(42-43(7,8)33(4,5)6)17-29(37)27(26-18-35-28-16-23(34)14-15-25(26)28)19-36-30(38)40-21-22-12-10-9-11-13-22;1-27(2,3)36-26(34)31-15-19(32)12-24(31)22(21-13-29-23-11-18(28)9-10-20(21)23)14-30-25(33)35-16-17-7-5-4-6-8-17;1-2/h9-18,27,29,35H,19-21H2,1-8H3,(H,36,38);4-11,13,22,24,29H,12,14-16H2,1-3H3,(H,30,33);1H3/t27-,29+;22-,24+;/m11./s1. The Labute approximate surface area is 479 Å². The number of carbonyl (C=O) groups is 5. The number of alkyl carbamates (subject to hydrolysis) is 2. The second-order valence-corrected chi connectivity index (χ2v) is 28.2. The van der Waals surface area contributed by atoms with Gasteiger partial charge >= 0.3 is 24.4 Å². The van der Waals surface area contributed by atoms with E-state index in [4.69, 9.17) is 23.4 Å². The van der Waals surface area contributed by atoms with Gasteiger partial charge in [-0.1, -0.05) is 81.4 Å². The monoisotopic (exact) mass is 1150 g/mol. The zero-order valence-corrected chi connectivity index (χ0v) is 50.1. The number of Topliss-reactive ketones (excluding diaryl/α,β-unsaturated/α-hetero) is 1. The van der Waals surface area contributed by atoms with Crippen LogP contribution in [0.15, 0.2) is 121 Å². The number of ketones is 1. The van der Waals surface area contributed by atoms with E-state index < -0.39 is 67.8 Å². The number of H-pyrrole nitrogens is 2. The fourth-order valence-electron chi connectivity index (χ4n) is 9.25. The van der Waals surface area contributed by atoms with Crippen LogP contribution in [-0.2, 0) is 41.4 Å². The molecule has 81 heavy (non-hydrogen) atoms. The summed E-state index contributed by atoms with van der Waals surface area (Å²) in [6, 6.07) is 26.5. The number of rotatable bonds is 14. The lowest BCUT2D eigenvalue weighted by Crippen LogP contribution is -2.46. The molecule has 0 bridgehead atoms. The average Bonchev–Trinajstić information content (AvgIpc) is 4.29. The summed E-state index contributed by atoms with van der Waals surface area (Å²) in [6.45, 7) is 22.2. The van der Waals surface area contributed by atoms with E-state index in [2.05, 4.69) is 66.1 Å². The first-order chi connectivity index (χ1) is 38.1. The molecule has 4 N–H and O–H groups in total. The van der Waals surface area contributed by atoms with Gasteiger partial charge in [-0.3, -0.25) is 14.6 Å². The number of halogens is 3. The molecule has 0 radical (unpaired) electrons. The van der Waals surface area contributed by atoms with Crippen LogP contribution in [0.2, 0.25) is 18.1 Å². The number of nitrogens with zero attached hydrogens (tertiary/aromatic N) is 2. The smallest absolute Gasteiger partial charge is 0.411 e. The molecule has 436 valence electrons. The van der Waals surface area contributed by atoms with E-state index in [0.717, 1.165) is 33.0 Å². The molecule has 4 atom stereocenters. The van der Waals surface area contributed by atoms with Crippen molar-refractivity contribution < 1.29 is 56.1 Å². The minimum atomic E-state index is -2.23. The number of amides is 4. The highest BCUT2D eigenvalue weighted by Crippen LogP contribution is 2.41. The van der Waals surface area contributed by atoms with E-state index >= 15 is 0 Å². The second kappa shape index (κ2) is 26.9. The molecule has 6 aromatic rings. The number of aromatic nitrogens is 2. The van der Waals surface area contributed by atoms with E-state index in [1.807, 2.05) is 87.5 Å². The molecule has 4 amide bonds. The summed E-state index contributed by atoms with van der Waals surface area (Å²) in [5, 5.41) is 7.16. The predicted octanol–water partition coefficient (Wildman–Crippen LogP) is 13.6. The largest absolute Gasteiger partial charge is 0.545 e. The molecule has 0 spiro atoms. The Morgan fingerprint density at radius 2 is 1.10 bits per heavy atom. The molecule has 8 rings (SSSR count). The molecule has 0 saturated carbocycles. The molecule has 2 aliphatic rings. The molecule has 4 heterocycles. The van der Waals surface area contributed by atoms with Crippen molar-refractivity contribution in [1.29, 1.82) is 0 Å². The first-order valence-corrected chi connectivity index (χ1v) is 30.5. The lowest BCUT2D eigenvalue weighted by atomic mass is 9.89. The van der Waals surface area contributed by atoms with E-state index in [1.165, 1.54) is 35.5 Å². The summed E-state index contributed by atoms with van der Waals surface area (Å²) in [5.74, 6) is -1.06. The van der Waals surface area contributed by atoms with Crippen molar-refractivity contribution in [2.45, 2.75) is 135 Å². The van der Waals surface area contributed by atoms with Crippen LogP contribution in [0.3, 0.4) is 0 Å². The van der Waals surface area contributed by atoms with Gasteiger partial charge in [0.1, 0.15) is 36.1 Å². The quantitative estimate of drug-likeness (QED) is 0.0463. The predicted molar refractivity (Wildman–Crippen MR) is 312 cm³/mol. The number of likely N-dealkylation sites (tertiary alicyclic amines) is 1. The molecule has 0 unspecified atom stereocenters. The van der Waals surface area contributed by atoms with Crippen LogP contribution in [0.25, 0.3) is 21.8 Å². The van der Waals surface area contributed by atoms with Crippen LogP contribution in [0.5, 0.6) is 0 Å². The molecule has 1 fully saturated rings. The van der Waals surface area contributed by atoms with Gasteiger partial charge in [-0.2, -0.15) is 0 Å². The molecule has 20 heteroatoms. The number of hydrogen-bond acceptors (Lipinski definition) is 10. The lowest BCUT2D eigenvalue weighted by molar-refractivity contribution is -0.117. The van der Waals surface area contributed by atoms with Crippen molar-refractivity contribution in [3.05, 3.63) is 155 Å². The second-order valence-electron chi connectivity index (χ2n) is 23.5. The number of hydrogen-bond donors (Lipinski definition) is 4. The Morgan fingerprint density at radius 3 is 1.56 bits per heavy atom. The van der Waals surface area contributed by atoms with Gasteiger partial charge in [-0.15, -0.1) is 11.6 Å². The maximum absolute atomic E-state index is 14.1. The lowest BCUT2D eigenvalue weighted by Gasteiger charge is -2.37. The van der Waals surface area contributed by atoms with Crippen LogP contribution < -0.4 is 10.6 Å². The summed E-state index contributed by atoms with van der Waals surface area (Å²) >= 11 is 4.64. The van der Waals surface area contributed by atoms with Crippen molar-refractivity contribution in [2.24, 2.45) is 0 Å². The van der Waals surface area contributed by atoms with E-state index in [-0.39, 0.29) is 68.3 Å². The van der Waals surface area contributed by atoms with Gasteiger partial charge in [0.2, 0.25) is 8.32 Å². The number of fused-ring (bicyclic) bond motifs is 2. The van der Waals surface area contributed by atoms with Crippen LogP contribution in [0, 0.1) is 11.6 Å². The molecule has 2 aliphatic heterocycles. The fourth-order valence-corrected chi connectivity index (χ4v) is 10.3. The Balaban J connectivity index is 0.000000257. The number of aromatic amines is 2. The van der Waals surface area contributed by atoms with Crippen LogP contribution in [0.1, 0.15) is 103 Å². The molecular formula is C61H77ClF2N6O10Si. The molecule has 16 nitrogen and oxygen atoms in total. The Morgan fingerprint density at radius 1 is 0.654 bits per heavy atom. The fraction of sp³-hybridized carbons (Fsp3) is 0.426. The Hall–Kier alpha value is -7.38. The van der Waals surface area contributed by atoms with Crippen LogP contribution in [0.4, 0.5) is 28.0 Å². The highest BCUT2D eigenvalue weighted by molar-refractivity contribution is 6.74. The molecular weight excluding hydrogens is 1080 g/mol. The molecule has 4 aromatic carbocycles. The molecule has 1 saturated heterocycles. The summed E-state index contributed by atoms with van der Waals surface area (Å²) < 4.78 is 56.7. The number of nitrogens with one attached hydrogen (secondary N) is 4. The van der Waals surface area contributed by atoms with Gasteiger partial charge in [0.05, 0.1) is 30.9 Å². The van der Waals surface area contributed by atoms with Crippen molar-refractivity contribution in [3.8, 4) is 0 Å². The van der Waals surface area contributed by atoms with Gasteiger partial charge in [-0.25, -0.2) is 28.0 Å². The normalized spacial score (nSPS) is 16.3. The zero-order chi connectivity index (χ0) is 59.5. The minimum Gasteiger partial charge on any atom is -0.545 e. The number of ether oxygens (including phenoxy) is 4. The SMILES string of the molecule is CC(C)(C)OC(=O)N1CC(=O)C[C@H]1[C@H](CNC(=O)OCc1ccccc1)c1c[nH]c2cc(F)ccc12.CC(C)(C)OC(=O)N1CC(O[Si](C)(C)C(C)(C)C)=C[C@H]1[C@H](CNC(=O)OCc1ccccc1)c1c[nH]c2cc(F)ccc12.CCl. The third kappa shape index (κ3) is 17.3. The van der Waals surface area contributed by atoms with Gasteiger partial charge in [-0.05, 0) is 124 Å². The van der Waals surface area contributed by atoms with Crippen LogP contribution >= 0.6 is 11.6 Å². The van der Waals surface area contributed by atoms with E-state index in [1.54, 1.807) is 50.2 Å². The van der Waals surface area contributed by atoms with Gasteiger partial charge in [0.25, 0.3) is 0 Å². The Bertz CT molecular complexity index is 3150. The van der Waals surface area contributed by atoms with E-state index in [0.29, 0.717) is 16.8 Å². The van der Waals surface area contributed by atoms with Crippen molar-refractivity contribution in [2.75, 3.05) is 32.6 Å².